The van der Waals surface area contributed by atoms with Crippen LogP contribution in [-0.4, -0.2) is 11.4 Å². The lowest BCUT2D eigenvalue weighted by Crippen LogP contribution is -1.81. The van der Waals surface area contributed by atoms with E-state index >= 15 is 0 Å². The van der Waals surface area contributed by atoms with E-state index in [9.17, 15) is 0 Å². The maximum atomic E-state index is 8.41. The first-order valence-corrected chi connectivity index (χ1v) is 4.96. The highest BCUT2D eigenvalue weighted by molar-refractivity contribution is 9.10. The van der Waals surface area contributed by atoms with Crippen LogP contribution in [0, 0.1) is 0 Å². The minimum absolute atomic E-state index is 0.887. The Morgan fingerprint density at radius 1 is 1.21 bits per heavy atom. The minimum atomic E-state index is 0.887. The average Bonchev–Trinajstić information content (AvgIpc) is 2.18. The summed E-state index contributed by atoms with van der Waals surface area (Å²) in [6.45, 7) is 0. The molecule has 0 saturated heterocycles. The normalized spacial score (nSPS) is 11.2. The highest BCUT2D eigenvalue weighted by atomic mass is 79.9. The molecule has 0 heterocycles. The van der Waals surface area contributed by atoms with Crippen molar-refractivity contribution in [3.63, 3.8) is 0 Å². The Morgan fingerprint density at radius 2 is 2.07 bits per heavy atom. The van der Waals surface area contributed by atoms with E-state index in [1.807, 2.05) is 36.4 Å². The molecule has 0 aliphatic heterocycles. The maximum absolute atomic E-state index is 8.41. The zero-order valence-electron chi connectivity index (χ0n) is 7.31. The number of benzene rings is 2. The van der Waals surface area contributed by atoms with Gasteiger partial charge in [0, 0.05) is 4.47 Å². The number of rotatable bonds is 1. The van der Waals surface area contributed by atoms with Crippen molar-refractivity contribution in [2.24, 2.45) is 5.16 Å². The third kappa shape index (κ3) is 1.63. The quantitative estimate of drug-likeness (QED) is 0.469. The van der Waals surface area contributed by atoms with Gasteiger partial charge in [-0.25, -0.2) is 0 Å². The number of fused-ring (bicyclic) bond motifs is 1. The van der Waals surface area contributed by atoms with E-state index in [1.165, 1.54) is 6.21 Å². The average molecular weight is 250 g/mol. The Kier molecular flexibility index (Phi) is 2.50. The van der Waals surface area contributed by atoms with Gasteiger partial charge >= 0.3 is 0 Å². The van der Waals surface area contributed by atoms with Crippen LogP contribution in [0.3, 0.4) is 0 Å². The summed E-state index contributed by atoms with van der Waals surface area (Å²) in [6.07, 6.45) is 1.42. The van der Waals surface area contributed by atoms with Crippen LogP contribution in [-0.2, 0) is 0 Å². The van der Waals surface area contributed by atoms with Gasteiger partial charge < -0.3 is 5.21 Å². The zero-order chi connectivity index (χ0) is 9.97. The molecule has 3 heteroatoms. The summed E-state index contributed by atoms with van der Waals surface area (Å²) in [5.74, 6) is 0. The summed E-state index contributed by atoms with van der Waals surface area (Å²) in [7, 11) is 0. The smallest absolute Gasteiger partial charge is 0.0734 e. The first-order chi connectivity index (χ1) is 6.81. The predicted molar refractivity (Wildman–Crippen MR) is 61.0 cm³/mol. The fraction of sp³-hybridized carbons (Fsp3) is 0. The molecule has 0 saturated carbocycles. The van der Waals surface area contributed by atoms with E-state index in [-0.39, 0.29) is 0 Å². The lowest BCUT2D eigenvalue weighted by Gasteiger charge is -2.00. The monoisotopic (exact) mass is 249 g/mol. The van der Waals surface area contributed by atoms with E-state index in [0.717, 1.165) is 20.8 Å². The molecular formula is C11H8BrNO. The number of hydrogen-bond donors (Lipinski definition) is 1. The summed E-state index contributed by atoms with van der Waals surface area (Å²) in [4.78, 5) is 0. The molecule has 0 aliphatic rings. The molecule has 70 valence electrons. The van der Waals surface area contributed by atoms with Gasteiger partial charge in [-0.2, -0.15) is 0 Å². The van der Waals surface area contributed by atoms with Gasteiger partial charge in [-0.05, 0) is 28.5 Å². The molecule has 0 radical (unpaired) electrons. The molecule has 1 N–H and O–H groups in total. The van der Waals surface area contributed by atoms with Crippen molar-refractivity contribution in [1.82, 2.24) is 0 Å². The third-order valence-corrected chi connectivity index (χ3v) is 2.75. The Hall–Kier alpha value is -1.35. The van der Waals surface area contributed by atoms with Crippen LogP contribution in [0.25, 0.3) is 10.8 Å². The first kappa shape index (κ1) is 9.21. The maximum Gasteiger partial charge on any atom is 0.0734 e. The van der Waals surface area contributed by atoms with Gasteiger partial charge in [0.05, 0.1) is 6.21 Å². The Balaban J connectivity index is 2.67. The highest BCUT2D eigenvalue weighted by Gasteiger charge is 1.97. The second-order valence-corrected chi connectivity index (χ2v) is 3.82. The SMILES string of the molecule is O/N=C\c1ccc2c(Br)cccc2c1. The number of halogens is 1. The van der Waals surface area contributed by atoms with Gasteiger partial charge in [-0.1, -0.05) is 45.4 Å². The van der Waals surface area contributed by atoms with E-state index in [0.29, 0.717) is 0 Å². The Labute approximate surface area is 90.0 Å². The molecule has 0 atom stereocenters. The van der Waals surface area contributed by atoms with Crippen molar-refractivity contribution in [2.45, 2.75) is 0 Å². The fourth-order valence-electron chi connectivity index (χ4n) is 1.41. The third-order valence-electron chi connectivity index (χ3n) is 2.06. The molecule has 0 aliphatic carbocycles. The second kappa shape index (κ2) is 3.80. The number of hydrogen-bond acceptors (Lipinski definition) is 2. The molecule has 0 fully saturated rings. The molecule has 2 nitrogen and oxygen atoms in total. The van der Waals surface area contributed by atoms with Crippen LogP contribution in [0.1, 0.15) is 5.56 Å². The molecule has 2 aromatic carbocycles. The topological polar surface area (TPSA) is 32.6 Å². The Bertz CT molecular complexity index is 494. The molecule has 0 unspecified atom stereocenters. The zero-order valence-corrected chi connectivity index (χ0v) is 8.90. The van der Waals surface area contributed by atoms with Crippen molar-refractivity contribution in [1.29, 1.82) is 0 Å². The van der Waals surface area contributed by atoms with Crippen molar-refractivity contribution in [3.8, 4) is 0 Å². The standard InChI is InChI=1S/C11H8BrNO/c12-11-3-1-2-9-6-8(7-13-14)4-5-10(9)11/h1-7,14H/b13-7-. The molecule has 14 heavy (non-hydrogen) atoms. The summed E-state index contributed by atoms with van der Waals surface area (Å²) >= 11 is 3.48. The summed E-state index contributed by atoms with van der Waals surface area (Å²) in [5, 5.41) is 13.7. The minimum Gasteiger partial charge on any atom is -0.411 e. The summed E-state index contributed by atoms with van der Waals surface area (Å²) in [6, 6.07) is 11.9. The van der Waals surface area contributed by atoms with Gasteiger partial charge in [0.25, 0.3) is 0 Å². The van der Waals surface area contributed by atoms with Crippen LogP contribution >= 0.6 is 15.9 Å². The van der Waals surface area contributed by atoms with Crippen LogP contribution in [0.15, 0.2) is 46.0 Å². The van der Waals surface area contributed by atoms with Crippen LogP contribution in [0.4, 0.5) is 0 Å². The van der Waals surface area contributed by atoms with Crippen molar-refractivity contribution in [2.75, 3.05) is 0 Å². The largest absolute Gasteiger partial charge is 0.411 e. The highest BCUT2D eigenvalue weighted by Crippen LogP contribution is 2.23. The van der Waals surface area contributed by atoms with Crippen LogP contribution in [0.2, 0.25) is 0 Å². The number of nitrogens with zero attached hydrogens (tertiary/aromatic N) is 1. The summed E-state index contributed by atoms with van der Waals surface area (Å²) < 4.78 is 1.07. The molecule has 2 aromatic rings. The van der Waals surface area contributed by atoms with Gasteiger partial charge in [0.15, 0.2) is 0 Å². The fourth-order valence-corrected chi connectivity index (χ4v) is 1.92. The van der Waals surface area contributed by atoms with Gasteiger partial charge in [-0.15, -0.1) is 0 Å². The van der Waals surface area contributed by atoms with Gasteiger partial charge in [0.1, 0.15) is 0 Å². The van der Waals surface area contributed by atoms with Crippen LogP contribution < -0.4 is 0 Å². The van der Waals surface area contributed by atoms with Crippen LogP contribution in [0.5, 0.6) is 0 Å². The van der Waals surface area contributed by atoms with E-state index < -0.39 is 0 Å². The van der Waals surface area contributed by atoms with Crippen molar-refractivity contribution >= 4 is 32.9 Å². The first-order valence-electron chi connectivity index (χ1n) is 4.17. The predicted octanol–water partition coefficient (Wildman–Crippen LogP) is 3.41. The molecule has 0 spiro atoms. The lowest BCUT2D eigenvalue weighted by atomic mass is 10.1. The van der Waals surface area contributed by atoms with E-state index in [4.69, 9.17) is 5.21 Å². The van der Waals surface area contributed by atoms with Crippen molar-refractivity contribution in [3.05, 3.63) is 46.4 Å². The molecule has 0 bridgehead atoms. The number of oxime groups is 1. The summed E-state index contributed by atoms with van der Waals surface area (Å²) in [5.41, 5.74) is 0.887. The Morgan fingerprint density at radius 3 is 2.86 bits per heavy atom. The second-order valence-electron chi connectivity index (χ2n) is 2.96. The van der Waals surface area contributed by atoms with Gasteiger partial charge in [0.2, 0.25) is 0 Å². The van der Waals surface area contributed by atoms with Gasteiger partial charge in [-0.3, -0.25) is 0 Å². The van der Waals surface area contributed by atoms with Crippen molar-refractivity contribution < 1.29 is 5.21 Å². The lowest BCUT2D eigenvalue weighted by molar-refractivity contribution is 0.322. The van der Waals surface area contributed by atoms with E-state index in [2.05, 4.69) is 21.1 Å². The molecule has 0 amide bonds. The van der Waals surface area contributed by atoms with E-state index in [1.54, 1.807) is 0 Å². The molecule has 2 rings (SSSR count). The molecular weight excluding hydrogens is 242 g/mol. The molecule has 0 aromatic heterocycles.